The van der Waals surface area contributed by atoms with Crippen LogP contribution in [0.2, 0.25) is 0 Å². The Kier molecular flexibility index (Phi) is 8.25. The average Bonchev–Trinajstić information content (AvgIpc) is 2.96. The number of carboxylic acids is 2. The SMILES string of the molecule is O=C(O)c1ccccc1C(=O)O.[H+].c1ccc([PH](c2ccccc2)(c2ccccc2)c2ccccc2)cc1. The molecular formula is C32H28O4P+. The van der Waals surface area contributed by atoms with E-state index in [4.69, 9.17) is 10.2 Å². The van der Waals surface area contributed by atoms with E-state index in [1.807, 2.05) is 0 Å². The summed E-state index contributed by atoms with van der Waals surface area (Å²) < 4.78 is 0. The van der Waals surface area contributed by atoms with Crippen molar-refractivity contribution >= 4 is 40.4 Å². The topological polar surface area (TPSA) is 74.6 Å². The van der Waals surface area contributed by atoms with Gasteiger partial charge in [0, 0.05) is 0 Å². The fraction of sp³-hybridized carbons (Fsp3) is 0. The molecule has 0 aliphatic rings. The van der Waals surface area contributed by atoms with Crippen molar-refractivity contribution < 1.29 is 21.2 Å². The Balaban J connectivity index is 0.000000262. The standard InChI is InChI=1S/C24H21P.C8H6O4/c1-5-13-21(14-6-1)25(22-15-7-2-8-16-22,23-17-9-3-10-18-23)24-19-11-4-12-20-24;9-7(10)5-3-1-2-4-6(5)8(11)12/h1-20,25H;1-4H,(H,9,10)(H,11,12)/p+1. The Labute approximate surface area is 218 Å². The molecule has 0 spiro atoms. The molecule has 5 aromatic carbocycles. The molecule has 0 aliphatic heterocycles. The summed E-state index contributed by atoms with van der Waals surface area (Å²) in [5, 5.41) is 22.8. The van der Waals surface area contributed by atoms with Gasteiger partial charge in [-0.1, -0.05) is 12.1 Å². The molecule has 0 amide bonds. The Bertz CT molecular complexity index is 1260. The van der Waals surface area contributed by atoms with Gasteiger partial charge in [-0.05, 0) is 12.1 Å². The maximum absolute atomic E-state index is 10.5. The van der Waals surface area contributed by atoms with E-state index in [0.29, 0.717) is 0 Å². The minimum atomic E-state index is -2.30. The zero-order valence-electron chi connectivity index (χ0n) is 21.1. The van der Waals surface area contributed by atoms with Crippen molar-refractivity contribution in [3.8, 4) is 0 Å². The van der Waals surface area contributed by atoms with Crippen LogP contribution in [-0.4, -0.2) is 22.2 Å². The van der Waals surface area contributed by atoms with Gasteiger partial charge in [0.25, 0.3) is 0 Å². The Morgan fingerprint density at radius 3 is 0.838 bits per heavy atom. The summed E-state index contributed by atoms with van der Waals surface area (Å²) in [4.78, 5) is 20.9. The molecule has 0 bridgehead atoms. The van der Waals surface area contributed by atoms with E-state index in [-0.39, 0.29) is 12.6 Å². The van der Waals surface area contributed by atoms with Crippen molar-refractivity contribution in [2.24, 2.45) is 0 Å². The molecule has 4 nitrogen and oxygen atoms in total. The van der Waals surface area contributed by atoms with Crippen LogP contribution in [0.25, 0.3) is 0 Å². The quantitative estimate of drug-likeness (QED) is 0.309. The van der Waals surface area contributed by atoms with Gasteiger partial charge in [-0.15, -0.1) is 0 Å². The first kappa shape index (κ1) is 25.6. The van der Waals surface area contributed by atoms with Gasteiger partial charge < -0.3 is 10.2 Å². The molecular weight excluding hydrogens is 479 g/mol. The van der Waals surface area contributed by atoms with E-state index in [0.717, 1.165) is 0 Å². The van der Waals surface area contributed by atoms with Gasteiger partial charge in [-0.3, -0.25) is 0 Å². The van der Waals surface area contributed by atoms with E-state index >= 15 is 0 Å². The van der Waals surface area contributed by atoms with Crippen LogP contribution in [0.5, 0.6) is 0 Å². The average molecular weight is 508 g/mol. The first-order valence-corrected chi connectivity index (χ1v) is 13.8. The molecule has 0 heterocycles. The van der Waals surface area contributed by atoms with Gasteiger partial charge in [0.05, 0.1) is 11.1 Å². The predicted molar refractivity (Wildman–Crippen MR) is 154 cm³/mol. The molecule has 2 N–H and O–H groups in total. The number of carboxylic acid groups (broad SMARTS) is 2. The summed E-state index contributed by atoms with van der Waals surface area (Å²) in [6, 6.07) is 49.5. The summed E-state index contributed by atoms with van der Waals surface area (Å²) in [6.45, 7) is 0. The minimum absolute atomic E-state index is 0. The van der Waals surface area contributed by atoms with Crippen LogP contribution in [0.4, 0.5) is 0 Å². The maximum atomic E-state index is 10.5. The van der Waals surface area contributed by atoms with Crippen molar-refractivity contribution in [1.29, 1.82) is 0 Å². The predicted octanol–water partition coefficient (Wildman–Crippen LogP) is 5.23. The van der Waals surface area contributed by atoms with Crippen LogP contribution in [0.1, 0.15) is 22.1 Å². The third kappa shape index (κ3) is 5.50. The fourth-order valence-electron chi connectivity index (χ4n) is 4.61. The third-order valence-electron chi connectivity index (χ3n) is 6.22. The molecule has 5 heteroatoms. The molecule has 0 saturated heterocycles. The summed E-state index contributed by atoms with van der Waals surface area (Å²) >= 11 is 0. The molecule has 0 atom stereocenters. The Hall–Kier alpha value is -4.53. The molecule has 184 valence electrons. The Morgan fingerprint density at radius 1 is 0.405 bits per heavy atom. The van der Waals surface area contributed by atoms with Crippen molar-refractivity contribution in [1.82, 2.24) is 0 Å². The van der Waals surface area contributed by atoms with Crippen LogP contribution in [0, 0.1) is 0 Å². The number of carbonyl (C=O) groups is 2. The van der Waals surface area contributed by atoms with Crippen molar-refractivity contribution in [3.05, 3.63) is 157 Å². The van der Waals surface area contributed by atoms with Crippen LogP contribution >= 0.6 is 7.26 Å². The molecule has 0 aromatic heterocycles. The van der Waals surface area contributed by atoms with Gasteiger partial charge in [0.2, 0.25) is 0 Å². The second kappa shape index (κ2) is 11.9. The summed E-state index contributed by atoms with van der Waals surface area (Å²) in [5.41, 5.74) is -0.380. The molecule has 0 fully saturated rings. The van der Waals surface area contributed by atoms with Gasteiger partial charge in [-0.2, -0.15) is 0 Å². The zero-order valence-corrected chi connectivity index (χ0v) is 21.1. The molecule has 0 radical (unpaired) electrons. The van der Waals surface area contributed by atoms with Gasteiger partial charge >= 0.3 is 163 Å². The summed E-state index contributed by atoms with van der Waals surface area (Å²) in [7, 11) is -2.30. The number of hydrogen-bond acceptors (Lipinski definition) is 2. The van der Waals surface area contributed by atoms with Crippen LogP contribution in [-0.2, 0) is 0 Å². The summed E-state index contributed by atoms with van der Waals surface area (Å²) in [6.07, 6.45) is 0. The summed E-state index contributed by atoms with van der Waals surface area (Å²) in [5.74, 6) is -2.46. The molecule has 0 aliphatic carbocycles. The Morgan fingerprint density at radius 2 is 0.622 bits per heavy atom. The van der Waals surface area contributed by atoms with Crippen molar-refractivity contribution in [2.45, 2.75) is 0 Å². The van der Waals surface area contributed by atoms with Crippen molar-refractivity contribution in [2.75, 3.05) is 0 Å². The molecule has 5 aromatic rings. The third-order valence-corrected chi connectivity index (χ3v) is 11.0. The number of benzene rings is 5. The molecule has 37 heavy (non-hydrogen) atoms. The van der Waals surface area contributed by atoms with Gasteiger partial charge in [-0.25, -0.2) is 9.59 Å². The molecule has 0 saturated carbocycles. The van der Waals surface area contributed by atoms with E-state index < -0.39 is 19.2 Å². The van der Waals surface area contributed by atoms with E-state index in [9.17, 15) is 9.59 Å². The number of aromatic carboxylic acids is 2. The van der Waals surface area contributed by atoms with Gasteiger partial charge in [0.15, 0.2) is 0 Å². The zero-order chi connectivity index (χ0) is 26.1. The molecule has 5 rings (SSSR count). The monoisotopic (exact) mass is 507 g/mol. The molecule has 0 unspecified atom stereocenters. The number of rotatable bonds is 6. The second-order valence-electron chi connectivity index (χ2n) is 8.37. The van der Waals surface area contributed by atoms with Gasteiger partial charge in [0.1, 0.15) is 0 Å². The van der Waals surface area contributed by atoms with Crippen LogP contribution in [0.15, 0.2) is 146 Å². The second-order valence-corrected chi connectivity index (χ2v) is 12.2. The number of hydrogen-bond donors (Lipinski definition) is 2. The van der Waals surface area contributed by atoms with E-state index in [1.54, 1.807) is 0 Å². The fourth-order valence-corrected chi connectivity index (χ4v) is 9.38. The first-order chi connectivity index (χ1) is 18.0. The van der Waals surface area contributed by atoms with Crippen molar-refractivity contribution in [3.63, 3.8) is 0 Å². The normalized spacial score (nSPS) is 11.0. The van der Waals surface area contributed by atoms with Crippen LogP contribution in [0.3, 0.4) is 0 Å². The first-order valence-electron chi connectivity index (χ1n) is 11.8. The van der Waals surface area contributed by atoms with E-state index in [2.05, 4.69) is 121 Å². The van der Waals surface area contributed by atoms with E-state index in [1.165, 1.54) is 45.5 Å². The van der Waals surface area contributed by atoms with Crippen LogP contribution < -0.4 is 21.2 Å².